The molecule has 0 aliphatic heterocycles. The first-order chi connectivity index (χ1) is 27.8. The number of fused-ring (bicyclic) bond motifs is 10. The van der Waals surface area contributed by atoms with E-state index in [1.54, 1.807) is 0 Å². The summed E-state index contributed by atoms with van der Waals surface area (Å²) < 4.78 is 9.14. The normalized spacial score (nSPS) is 11.9. The largest absolute Gasteiger partial charge is 0.278 e. The fourth-order valence-electron chi connectivity index (χ4n) is 8.56. The highest BCUT2D eigenvalue weighted by Gasteiger charge is 2.20. The van der Waals surface area contributed by atoms with Crippen LogP contribution in [-0.2, 0) is 0 Å². The molecule has 6 heteroatoms. The van der Waals surface area contributed by atoms with E-state index in [-0.39, 0.29) is 0 Å². The van der Waals surface area contributed by atoms with E-state index in [1.807, 2.05) is 0 Å². The maximum atomic E-state index is 5.20. The highest BCUT2D eigenvalue weighted by molar-refractivity contribution is 5.97. The quantitative estimate of drug-likeness (QED) is 0.178. The van der Waals surface area contributed by atoms with Gasteiger partial charge in [-0.05, 0) is 112 Å². The molecule has 0 saturated heterocycles. The lowest BCUT2D eigenvalue weighted by Gasteiger charge is -2.10. The maximum absolute atomic E-state index is 5.20. The Balaban J connectivity index is 1.02. The van der Waals surface area contributed by atoms with Gasteiger partial charge in [0, 0.05) is 11.4 Å². The van der Waals surface area contributed by atoms with Crippen molar-refractivity contribution in [2.45, 2.75) is 0 Å². The SMILES string of the molecule is c1ccc(-c2cccc(-c3ccc(-n4c5ccc(-c6ccc7c(c6)n6c8ccccc8nc6n7-c6ccccc6)cc5n5c6ccccc6nc45)cc3)c2)cc1. The Kier molecular flexibility index (Phi) is 6.53. The van der Waals surface area contributed by atoms with Crippen LogP contribution in [0.5, 0.6) is 0 Å². The molecular weight excluding hydrogens is 685 g/mol. The van der Waals surface area contributed by atoms with Gasteiger partial charge in [0.25, 0.3) is 0 Å². The van der Waals surface area contributed by atoms with Crippen molar-refractivity contribution < 1.29 is 0 Å². The number of hydrogen-bond donors (Lipinski definition) is 0. The minimum absolute atomic E-state index is 0.888. The lowest BCUT2D eigenvalue weighted by atomic mass is 9.99. The summed E-state index contributed by atoms with van der Waals surface area (Å²) in [6.45, 7) is 0. The van der Waals surface area contributed by atoms with Gasteiger partial charge < -0.3 is 0 Å². The van der Waals surface area contributed by atoms with Crippen LogP contribution in [0, 0.1) is 0 Å². The van der Waals surface area contributed by atoms with Crippen LogP contribution >= 0.6 is 0 Å². The highest BCUT2D eigenvalue weighted by Crippen LogP contribution is 2.36. The fourth-order valence-corrected chi connectivity index (χ4v) is 8.56. The van der Waals surface area contributed by atoms with Gasteiger partial charge >= 0.3 is 0 Å². The molecule has 56 heavy (non-hydrogen) atoms. The number of imidazole rings is 4. The molecule has 262 valence electrons. The van der Waals surface area contributed by atoms with E-state index >= 15 is 0 Å². The van der Waals surface area contributed by atoms with Gasteiger partial charge in [0.05, 0.1) is 44.1 Å². The second kappa shape index (κ2) is 11.9. The molecule has 12 rings (SSSR count). The minimum Gasteiger partial charge on any atom is -0.278 e. The zero-order valence-corrected chi connectivity index (χ0v) is 30.2. The number of benzene rings is 8. The Hall–Kier alpha value is -7.70. The Morgan fingerprint density at radius 1 is 0.268 bits per heavy atom. The lowest BCUT2D eigenvalue weighted by Crippen LogP contribution is -1.95. The van der Waals surface area contributed by atoms with Gasteiger partial charge in [-0.3, -0.25) is 17.9 Å². The number of aromatic nitrogens is 6. The Morgan fingerprint density at radius 3 is 1.23 bits per heavy atom. The molecular formula is C50H32N6. The summed E-state index contributed by atoms with van der Waals surface area (Å²) in [5.74, 6) is 1.79. The lowest BCUT2D eigenvalue weighted by molar-refractivity contribution is 1.11. The van der Waals surface area contributed by atoms with E-state index in [0.29, 0.717) is 0 Å². The van der Waals surface area contributed by atoms with Gasteiger partial charge in [0.2, 0.25) is 11.6 Å². The molecule has 0 amide bonds. The molecule has 0 radical (unpaired) electrons. The summed E-state index contributed by atoms with van der Waals surface area (Å²) in [7, 11) is 0. The number of nitrogens with zero attached hydrogens (tertiary/aromatic N) is 6. The zero-order valence-electron chi connectivity index (χ0n) is 30.2. The Labute approximate surface area is 321 Å². The fraction of sp³-hybridized carbons (Fsp3) is 0. The van der Waals surface area contributed by atoms with Crippen LogP contribution in [0.15, 0.2) is 194 Å². The van der Waals surface area contributed by atoms with Gasteiger partial charge in [0.1, 0.15) is 0 Å². The van der Waals surface area contributed by atoms with E-state index in [1.165, 1.54) is 22.3 Å². The van der Waals surface area contributed by atoms with Gasteiger partial charge in [-0.1, -0.05) is 115 Å². The van der Waals surface area contributed by atoms with E-state index in [2.05, 4.69) is 212 Å². The molecule has 4 aromatic heterocycles. The molecule has 0 spiro atoms. The van der Waals surface area contributed by atoms with Crippen LogP contribution in [0.1, 0.15) is 0 Å². The van der Waals surface area contributed by atoms with E-state index in [9.17, 15) is 0 Å². The summed E-state index contributed by atoms with van der Waals surface area (Å²) in [6, 6.07) is 69.0. The van der Waals surface area contributed by atoms with Gasteiger partial charge in [-0.2, -0.15) is 0 Å². The van der Waals surface area contributed by atoms with Crippen LogP contribution in [0.25, 0.3) is 100 Å². The summed E-state index contributed by atoms with van der Waals surface area (Å²) in [4.78, 5) is 10.3. The third-order valence-corrected chi connectivity index (χ3v) is 11.2. The molecule has 0 unspecified atom stereocenters. The first-order valence-electron chi connectivity index (χ1n) is 18.9. The van der Waals surface area contributed by atoms with Crippen molar-refractivity contribution in [3.63, 3.8) is 0 Å². The Bertz CT molecular complexity index is 3460. The predicted molar refractivity (Wildman–Crippen MR) is 229 cm³/mol. The predicted octanol–water partition coefficient (Wildman–Crippen LogP) is 12.2. The molecule has 6 nitrogen and oxygen atoms in total. The average Bonchev–Trinajstić information content (AvgIpc) is 4.00. The minimum atomic E-state index is 0.888. The van der Waals surface area contributed by atoms with Crippen LogP contribution in [0.3, 0.4) is 0 Å². The zero-order chi connectivity index (χ0) is 36.7. The monoisotopic (exact) mass is 716 g/mol. The number of hydrogen-bond acceptors (Lipinski definition) is 2. The van der Waals surface area contributed by atoms with Crippen molar-refractivity contribution in [3.8, 4) is 44.8 Å². The second-order valence-corrected chi connectivity index (χ2v) is 14.4. The third kappa shape index (κ3) is 4.56. The molecule has 0 bridgehead atoms. The van der Waals surface area contributed by atoms with Crippen LogP contribution in [0.2, 0.25) is 0 Å². The van der Waals surface area contributed by atoms with E-state index < -0.39 is 0 Å². The first-order valence-corrected chi connectivity index (χ1v) is 18.9. The van der Waals surface area contributed by atoms with Crippen molar-refractivity contribution in [1.29, 1.82) is 0 Å². The van der Waals surface area contributed by atoms with Crippen LogP contribution in [-0.4, -0.2) is 27.9 Å². The summed E-state index contributed by atoms with van der Waals surface area (Å²) >= 11 is 0. The first kappa shape index (κ1) is 30.7. The van der Waals surface area contributed by atoms with E-state index in [0.717, 1.165) is 78.2 Å². The molecule has 0 fully saturated rings. The molecule has 0 aliphatic carbocycles. The molecule has 0 N–H and O–H groups in total. The van der Waals surface area contributed by atoms with Crippen molar-refractivity contribution in [2.24, 2.45) is 0 Å². The van der Waals surface area contributed by atoms with E-state index in [4.69, 9.17) is 9.97 Å². The third-order valence-electron chi connectivity index (χ3n) is 11.2. The highest BCUT2D eigenvalue weighted by atomic mass is 15.2. The van der Waals surface area contributed by atoms with Crippen LogP contribution < -0.4 is 0 Å². The molecule has 12 aromatic rings. The van der Waals surface area contributed by atoms with Crippen molar-refractivity contribution in [1.82, 2.24) is 27.9 Å². The summed E-state index contributed by atoms with van der Waals surface area (Å²) in [5.41, 5.74) is 17.7. The molecule has 0 aliphatic rings. The molecule has 8 aromatic carbocycles. The Morgan fingerprint density at radius 2 is 0.679 bits per heavy atom. The van der Waals surface area contributed by atoms with Crippen molar-refractivity contribution in [3.05, 3.63) is 194 Å². The molecule has 0 atom stereocenters. The number of para-hydroxylation sites is 5. The van der Waals surface area contributed by atoms with Gasteiger partial charge in [-0.25, -0.2) is 9.97 Å². The van der Waals surface area contributed by atoms with Crippen molar-refractivity contribution in [2.75, 3.05) is 0 Å². The van der Waals surface area contributed by atoms with Crippen LogP contribution in [0.4, 0.5) is 0 Å². The second-order valence-electron chi connectivity index (χ2n) is 14.4. The molecule has 0 saturated carbocycles. The topological polar surface area (TPSA) is 44.5 Å². The standard InChI is InChI=1S/C50H32N6/c1-3-12-33(13-4-1)35-14-11-15-36(30-35)34-22-26-40(27-23-34)54-46-29-25-38(32-48(46)56-44-21-10-8-19-42(44)52-50(54)56)37-24-28-45-47(31-37)55-43-20-9-7-18-41(43)51-49(55)53(45)39-16-5-2-6-17-39/h1-32H. The average molecular weight is 717 g/mol. The summed E-state index contributed by atoms with van der Waals surface area (Å²) in [6.07, 6.45) is 0. The van der Waals surface area contributed by atoms with Crippen molar-refractivity contribution >= 4 is 55.7 Å². The maximum Gasteiger partial charge on any atom is 0.220 e. The smallest absolute Gasteiger partial charge is 0.220 e. The number of rotatable bonds is 5. The van der Waals surface area contributed by atoms with Gasteiger partial charge in [-0.15, -0.1) is 0 Å². The van der Waals surface area contributed by atoms with Gasteiger partial charge in [0.15, 0.2) is 0 Å². The molecule has 4 heterocycles. The summed E-state index contributed by atoms with van der Waals surface area (Å²) in [5, 5.41) is 0.